The van der Waals surface area contributed by atoms with E-state index in [1.807, 2.05) is 19.0 Å². The van der Waals surface area contributed by atoms with Crippen LogP contribution in [0.2, 0.25) is 0 Å². The Morgan fingerprint density at radius 2 is 2.00 bits per heavy atom. The summed E-state index contributed by atoms with van der Waals surface area (Å²) in [5.74, 6) is 0.608. The lowest BCUT2D eigenvalue weighted by Crippen LogP contribution is -2.24. The molecule has 0 heterocycles. The summed E-state index contributed by atoms with van der Waals surface area (Å²) < 4.78 is 0. The Bertz CT molecular complexity index is 163. The quantitative estimate of drug-likeness (QED) is 0.457. The zero-order valence-electron chi connectivity index (χ0n) is 7.29. The van der Waals surface area contributed by atoms with E-state index in [2.05, 4.69) is 4.99 Å². The van der Waals surface area contributed by atoms with Crippen LogP contribution >= 0.6 is 0 Å². The molecule has 0 aromatic heterocycles. The second-order valence-corrected chi connectivity index (χ2v) is 2.50. The van der Waals surface area contributed by atoms with Crippen LogP contribution in [0.3, 0.4) is 0 Å². The van der Waals surface area contributed by atoms with Crippen molar-refractivity contribution < 1.29 is 4.79 Å². The van der Waals surface area contributed by atoms with E-state index in [9.17, 15) is 4.79 Å². The highest BCUT2D eigenvalue weighted by Crippen LogP contribution is 1.94. The second-order valence-electron chi connectivity index (χ2n) is 2.50. The van der Waals surface area contributed by atoms with Crippen LogP contribution < -0.4 is 5.73 Å². The summed E-state index contributed by atoms with van der Waals surface area (Å²) in [6.45, 7) is 0. The van der Waals surface area contributed by atoms with E-state index < -0.39 is 0 Å². The SMILES string of the molecule is C/N=C(/CCC(N)=O)N(C)C. The monoisotopic (exact) mass is 157 g/mol. The Hall–Kier alpha value is -1.06. The van der Waals surface area contributed by atoms with Crippen molar-refractivity contribution in [2.45, 2.75) is 12.8 Å². The highest BCUT2D eigenvalue weighted by molar-refractivity contribution is 5.86. The minimum Gasteiger partial charge on any atom is -0.370 e. The Morgan fingerprint density at radius 3 is 2.27 bits per heavy atom. The third-order valence-corrected chi connectivity index (χ3v) is 1.37. The van der Waals surface area contributed by atoms with Crippen molar-refractivity contribution in [2.75, 3.05) is 21.1 Å². The molecule has 64 valence electrons. The highest BCUT2D eigenvalue weighted by Gasteiger charge is 2.02. The van der Waals surface area contributed by atoms with Crippen LogP contribution in [-0.2, 0) is 4.79 Å². The Balaban J connectivity index is 3.81. The van der Waals surface area contributed by atoms with Gasteiger partial charge in [0.1, 0.15) is 0 Å². The van der Waals surface area contributed by atoms with Gasteiger partial charge in [-0.05, 0) is 0 Å². The van der Waals surface area contributed by atoms with Gasteiger partial charge >= 0.3 is 0 Å². The summed E-state index contributed by atoms with van der Waals surface area (Å²) in [4.78, 5) is 16.3. The van der Waals surface area contributed by atoms with Crippen molar-refractivity contribution in [3.05, 3.63) is 0 Å². The van der Waals surface area contributed by atoms with Gasteiger partial charge in [-0.15, -0.1) is 0 Å². The van der Waals surface area contributed by atoms with Crippen molar-refractivity contribution in [1.82, 2.24) is 4.90 Å². The smallest absolute Gasteiger partial charge is 0.217 e. The molecular weight excluding hydrogens is 142 g/mol. The topological polar surface area (TPSA) is 58.7 Å². The zero-order chi connectivity index (χ0) is 8.85. The number of carbonyl (C=O) groups is 1. The van der Waals surface area contributed by atoms with Gasteiger partial charge in [-0.3, -0.25) is 9.79 Å². The van der Waals surface area contributed by atoms with Gasteiger partial charge in [0, 0.05) is 34.0 Å². The first-order chi connectivity index (χ1) is 5.07. The molecule has 0 atom stereocenters. The molecule has 4 heteroatoms. The number of aliphatic imine (C=N–C) groups is 1. The predicted octanol–water partition coefficient (Wildman–Crippen LogP) is -0.158. The van der Waals surface area contributed by atoms with Gasteiger partial charge in [0.15, 0.2) is 0 Å². The number of hydrogen-bond donors (Lipinski definition) is 1. The van der Waals surface area contributed by atoms with E-state index in [0.717, 1.165) is 5.84 Å². The number of amidine groups is 1. The molecule has 0 aliphatic rings. The predicted molar refractivity (Wildman–Crippen MR) is 45.5 cm³/mol. The van der Waals surface area contributed by atoms with Gasteiger partial charge in [-0.2, -0.15) is 0 Å². The number of amides is 1. The van der Waals surface area contributed by atoms with Crippen molar-refractivity contribution in [2.24, 2.45) is 10.7 Å². The summed E-state index contributed by atoms with van der Waals surface area (Å²) in [6, 6.07) is 0. The molecule has 1 amide bonds. The van der Waals surface area contributed by atoms with Gasteiger partial charge in [0.2, 0.25) is 5.91 Å². The molecular formula is C7H15N3O. The van der Waals surface area contributed by atoms with E-state index in [0.29, 0.717) is 12.8 Å². The van der Waals surface area contributed by atoms with Crippen LogP contribution in [0.4, 0.5) is 0 Å². The highest BCUT2D eigenvalue weighted by atomic mass is 16.1. The summed E-state index contributed by atoms with van der Waals surface area (Å²) >= 11 is 0. The Kier molecular flexibility index (Phi) is 4.26. The first-order valence-corrected chi connectivity index (χ1v) is 3.49. The van der Waals surface area contributed by atoms with E-state index >= 15 is 0 Å². The minimum atomic E-state index is -0.284. The molecule has 0 radical (unpaired) electrons. The Morgan fingerprint density at radius 1 is 1.45 bits per heavy atom. The Labute approximate surface area is 67.1 Å². The molecule has 0 unspecified atom stereocenters. The second kappa shape index (κ2) is 4.71. The fourth-order valence-corrected chi connectivity index (χ4v) is 0.770. The fourth-order valence-electron chi connectivity index (χ4n) is 0.770. The largest absolute Gasteiger partial charge is 0.370 e. The fraction of sp³-hybridized carbons (Fsp3) is 0.714. The lowest BCUT2D eigenvalue weighted by atomic mass is 10.2. The summed E-state index contributed by atoms with van der Waals surface area (Å²) in [5, 5.41) is 0. The van der Waals surface area contributed by atoms with E-state index in [1.165, 1.54) is 0 Å². The van der Waals surface area contributed by atoms with Crippen LogP contribution in [0.1, 0.15) is 12.8 Å². The maximum atomic E-state index is 10.4. The van der Waals surface area contributed by atoms with Crippen LogP contribution in [0.5, 0.6) is 0 Å². The minimum absolute atomic E-state index is 0.284. The molecule has 2 N–H and O–H groups in total. The van der Waals surface area contributed by atoms with Crippen LogP contribution in [0, 0.1) is 0 Å². The number of nitrogens with zero attached hydrogens (tertiary/aromatic N) is 2. The van der Waals surface area contributed by atoms with Crippen LogP contribution in [0.15, 0.2) is 4.99 Å². The molecule has 0 aliphatic carbocycles. The normalized spacial score (nSPS) is 11.4. The summed E-state index contributed by atoms with van der Waals surface area (Å²) in [5.41, 5.74) is 4.98. The zero-order valence-corrected chi connectivity index (χ0v) is 7.29. The van der Waals surface area contributed by atoms with E-state index in [-0.39, 0.29) is 5.91 Å². The van der Waals surface area contributed by atoms with E-state index in [1.54, 1.807) is 7.05 Å². The number of rotatable bonds is 3. The summed E-state index contributed by atoms with van der Waals surface area (Å²) in [7, 11) is 5.49. The number of primary amides is 1. The molecule has 0 saturated heterocycles. The first-order valence-electron chi connectivity index (χ1n) is 3.49. The molecule has 0 fully saturated rings. The molecule has 0 rings (SSSR count). The van der Waals surface area contributed by atoms with Crippen molar-refractivity contribution in [1.29, 1.82) is 0 Å². The molecule has 0 aromatic carbocycles. The van der Waals surface area contributed by atoms with Gasteiger partial charge in [0.05, 0.1) is 5.84 Å². The number of carbonyl (C=O) groups excluding carboxylic acids is 1. The van der Waals surface area contributed by atoms with Crippen LogP contribution in [-0.4, -0.2) is 37.8 Å². The van der Waals surface area contributed by atoms with Gasteiger partial charge in [-0.25, -0.2) is 0 Å². The lowest BCUT2D eigenvalue weighted by molar-refractivity contribution is -0.117. The van der Waals surface area contributed by atoms with Gasteiger partial charge in [0.25, 0.3) is 0 Å². The van der Waals surface area contributed by atoms with Crippen LogP contribution in [0.25, 0.3) is 0 Å². The van der Waals surface area contributed by atoms with Crippen molar-refractivity contribution in [3.8, 4) is 0 Å². The molecule has 0 aliphatic heterocycles. The molecule has 0 spiro atoms. The number of nitrogens with two attached hydrogens (primary N) is 1. The van der Waals surface area contributed by atoms with Gasteiger partial charge in [-0.1, -0.05) is 0 Å². The third kappa shape index (κ3) is 4.36. The standard InChI is InChI=1S/C7H15N3O/c1-9-7(10(2)3)5-4-6(8)11/h4-5H2,1-3H3,(H2,8,11)/b9-7-. The van der Waals surface area contributed by atoms with Crippen molar-refractivity contribution in [3.63, 3.8) is 0 Å². The van der Waals surface area contributed by atoms with Gasteiger partial charge < -0.3 is 10.6 Å². The molecule has 11 heavy (non-hydrogen) atoms. The molecule has 4 nitrogen and oxygen atoms in total. The van der Waals surface area contributed by atoms with E-state index in [4.69, 9.17) is 5.73 Å². The van der Waals surface area contributed by atoms with Crippen molar-refractivity contribution >= 4 is 11.7 Å². The first kappa shape index (κ1) is 9.94. The average Bonchev–Trinajstić information content (AvgIpc) is 1.87. The lowest BCUT2D eigenvalue weighted by Gasteiger charge is -2.13. The molecule has 0 saturated carbocycles. The third-order valence-electron chi connectivity index (χ3n) is 1.37. The molecule has 0 aromatic rings. The maximum absolute atomic E-state index is 10.4. The maximum Gasteiger partial charge on any atom is 0.217 e. The average molecular weight is 157 g/mol. The summed E-state index contributed by atoms with van der Waals surface area (Å²) in [6.07, 6.45) is 0.990. The molecule has 0 bridgehead atoms. The number of hydrogen-bond acceptors (Lipinski definition) is 2.